The van der Waals surface area contributed by atoms with E-state index in [9.17, 15) is 19.1 Å². The fraction of sp³-hybridized carbons (Fsp3) is 0.184. The molecule has 7 rings (SSSR count). The summed E-state index contributed by atoms with van der Waals surface area (Å²) < 4.78 is 28.7. The van der Waals surface area contributed by atoms with Crippen LogP contribution < -0.4 is 14.4 Å². The smallest absolute Gasteiger partial charge is 0.301 e. The molecule has 3 aromatic carbocycles. The molecule has 6 aromatic rings. The number of anilines is 1. The molecule has 0 saturated carbocycles. The van der Waals surface area contributed by atoms with Gasteiger partial charge in [-0.15, -0.1) is 10.2 Å². The van der Waals surface area contributed by atoms with E-state index in [4.69, 9.17) is 9.47 Å². The molecule has 4 heterocycles. The first-order chi connectivity index (χ1) is 24.7. The lowest BCUT2D eigenvalue weighted by Crippen LogP contribution is -2.29. The van der Waals surface area contributed by atoms with Gasteiger partial charge in [0.1, 0.15) is 23.8 Å². The topological polar surface area (TPSA) is 119 Å². The molecule has 3 aromatic heterocycles. The van der Waals surface area contributed by atoms with Gasteiger partial charge in [0.15, 0.2) is 21.6 Å². The van der Waals surface area contributed by atoms with Crippen molar-refractivity contribution in [3.05, 3.63) is 136 Å². The average Bonchev–Trinajstić information content (AvgIpc) is 3.82. The number of ether oxygens (including phenoxy) is 2. The molecule has 258 valence electrons. The van der Waals surface area contributed by atoms with E-state index in [2.05, 4.69) is 15.2 Å². The minimum Gasteiger partial charge on any atom is -0.505 e. The Balaban J connectivity index is 1.32. The number of rotatable bonds is 11. The van der Waals surface area contributed by atoms with Crippen molar-refractivity contribution in [2.75, 3.05) is 11.5 Å². The highest BCUT2D eigenvalue weighted by Gasteiger charge is 2.49. The number of hydrogen-bond donors (Lipinski definition) is 1. The summed E-state index contributed by atoms with van der Waals surface area (Å²) in [6.07, 6.45) is 1.82. The van der Waals surface area contributed by atoms with Crippen molar-refractivity contribution < 1.29 is 28.6 Å². The molecule has 0 bridgehead atoms. The molecule has 1 aliphatic rings. The van der Waals surface area contributed by atoms with E-state index in [1.807, 2.05) is 66.9 Å². The number of benzene rings is 3. The SMILES string of the molecule is CCOc1cc(C2/C(=C(\O)c3nc4c(C)cccn4c3C)C(=O)C(=O)N2c2nnc(SCc3ccccc3F)s2)ccc1OCc1ccccc1. The van der Waals surface area contributed by atoms with Crippen molar-refractivity contribution in [3.63, 3.8) is 0 Å². The van der Waals surface area contributed by atoms with Crippen molar-refractivity contribution in [3.8, 4) is 11.5 Å². The second-order valence-electron chi connectivity index (χ2n) is 11.7. The number of carbonyl (C=O) groups is 2. The van der Waals surface area contributed by atoms with Crippen LogP contribution >= 0.6 is 23.1 Å². The lowest BCUT2D eigenvalue weighted by molar-refractivity contribution is -0.132. The van der Waals surface area contributed by atoms with Crippen LogP contribution in [0.2, 0.25) is 0 Å². The average molecular weight is 722 g/mol. The zero-order valence-corrected chi connectivity index (χ0v) is 29.5. The van der Waals surface area contributed by atoms with Crippen LogP contribution in [-0.4, -0.2) is 43.0 Å². The second-order valence-corrected chi connectivity index (χ2v) is 13.9. The highest BCUT2D eigenvalue weighted by molar-refractivity contribution is 8.00. The third kappa shape index (κ3) is 6.57. The van der Waals surface area contributed by atoms with Crippen LogP contribution in [0.3, 0.4) is 0 Å². The summed E-state index contributed by atoms with van der Waals surface area (Å²) in [5.41, 5.74) is 4.04. The van der Waals surface area contributed by atoms with Gasteiger partial charge in [-0.2, -0.15) is 0 Å². The standard InChI is InChI=1S/C38H32FN5O5S2/c1-4-48-29-19-25(16-17-28(29)49-20-24-12-6-5-7-13-24)32-30(33(45)31-23(3)43-18-10-11-22(2)35(43)40-31)34(46)36(47)44(32)37-41-42-38(51-37)50-21-26-14-8-9-15-27(26)39/h5-19,32,45H,4,20-21H2,1-3H3/b33-30+. The number of pyridine rings is 1. The Morgan fingerprint density at radius 1 is 0.961 bits per heavy atom. The molecule has 1 unspecified atom stereocenters. The number of Topliss-reactive ketones (excluding diaryl/α,β-unsaturated/α-hetero) is 1. The Morgan fingerprint density at radius 2 is 1.75 bits per heavy atom. The lowest BCUT2D eigenvalue weighted by Gasteiger charge is -2.23. The summed E-state index contributed by atoms with van der Waals surface area (Å²) >= 11 is 2.35. The van der Waals surface area contributed by atoms with Gasteiger partial charge < -0.3 is 19.0 Å². The number of aliphatic hydroxyl groups excluding tert-OH is 1. The fourth-order valence-electron chi connectivity index (χ4n) is 5.95. The summed E-state index contributed by atoms with van der Waals surface area (Å²) in [5, 5.41) is 20.6. The van der Waals surface area contributed by atoms with Crippen molar-refractivity contribution in [1.29, 1.82) is 0 Å². The van der Waals surface area contributed by atoms with Crippen LogP contribution in [0, 0.1) is 19.7 Å². The molecule has 1 aliphatic heterocycles. The summed E-state index contributed by atoms with van der Waals surface area (Å²) in [4.78, 5) is 33.9. The third-order valence-corrected chi connectivity index (χ3v) is 10.6. The van der Waals surface area contributed by atoms with Gasteiger partial charge in [-0.3, -0.25) is 14.5 Å². The maximum atomic E-state index is 14.3. The van der Waals surface area contributed by atoms with Crippen molar-refractivity contribution >= 4 is 51.3 Å². The molecule has 0 aliphatic carbocycles. The maximum absolute atomic E-state index is 14.3. The number of amides is 1. The van der Waals surface area contributed by atoms with Gasteiger partial charge in [-0.1, -0.05) is 83.8 Å². The first-order valence-electron chi connectivity index (χ1n) is 16.1. The largest absolute Gasteiger partial charge is 0.505 e. The van der Waals surface area contributed by atoms with E-state index in [0.717, 1.165) is 22.5 Å². The molecule has 0 spiro atoms. The molecular formula is C38H32FN5O5S2. The predicted octanol–water partition coefficient (Wildman–Crippen LogP) is 7.84. The number of aryl methyl sites for hydroxylation is 2. The van der Waals surface area contributed by atoms with Gasteiger partial charge in [0.25, 0.3) is 5.78 Å². The summed E-state index contributed by atoms with van der Waals surface area (Å²) in [5.74, 6) is -1.38. The normalized spacial score (nSPS) is 15.5. The summed E-state index contributed by atoms with van der Waals surface area (Å²) in [6, 6.07) is 24.0. The Labute approximate surface area is 301 Å². The highest BCUT2D eigenvalue weighted by Crippen LogP contribution is 2.46. The van der Waals surface area contributed by atoms with Crippen LogP contribution in [0.1, 0.15) is 46.6 Å². The molecular weight excluding hydrogens is 690 g/mol. The van der Waals surface area contributed by atoms with Crippen LogP contribution in [0.4, 0.5) is 9.52 Å². The Bertz CT molecular complexity index is 2300. The maximum Gasteiger partial charge on any atom is 0.301 e. The summed E-state index contributed by atoms with van der Waals surface area (Å²) in [6.45, 7) is 6.15. The van der Waals surface area contributed by atoms with Crippen molar-refractivity contribution in [1.82, 2.24) is 19.6 Å². The number of aliphatic hydroxyl groups is 1. The van der Waals surface area contributed by atoms with E-state index < -0.39 is 23.5 Å². The molecule has 0 radical (unpaired) electrons. The number of nitrogens with zero attached hydrogens (tertiary/aromatic N) is 5. The van der Waals surface area contributed by atoms with Crippen LogP contribution in [0.5, 0.6) is 11.5 Å². The first-order valence-corrected chi connectivity index (χ1v) is 17.9. The number of ketones is 1. The van der Waals surface area contributed by atoms with Gasteiger partial charge in [0, 0.05) is 11.9 Å². The van der Waals surface area contributed by atoms with Crippen molar-refractivity contribution in [2.45, 2.75) is 43.5 Å². The second kappa shape index (κ2) is 14.4. The molecule has 1 atom stereocenters. The van der Waals surface area contributed by atoms with Gasteiger partial charge in [-0.05, 0) is 67.3 Å². The molecule has 51 heavy (non-hydrogen) atoms. The van der Waals surface area contributed by atoms with Crippen LogP contribution in [0.25, 0.3) is 11.4 Å². The molecule has 1 N–H and O–H groups in total. The molecule has 1 saturated heterocycles. The predicted molar refractivity (Wildman–Crippen MR) is 194 cm³/mol. The Kier molecular flexibility index (Phi) is 9.56. The Morgan fingerprint density at radius 3 is 2.51 bits per heavy atom. The Hall–Kier alpha value is -5.53. The van der Waals surface area contributed by atoms with Crippen molar-refractivity contribution in [2.24, 2.45) is 0 Å². The number of imidazole rings is 1. The van der Waals surface area contributed by atoms with E-state index in [0.29, 0.717) is 51.5 Å². The van der Waals surface area contributed by atoms with E-state index in [1.165, 1.54) is 22.7 Å². The quantitative estimate of drug-likeness (QED) is 0.0469. The number of thioether (sulfide) groups is 1. The minimum atomic E-state index is -1.12. The number of halogens is 1. The van der Waals surface area contributed by atoms with Gasteiger partial charge in [0.2, 0.25) is 5.13 Å². The first kappa shape index (κ1) is 33.9. The van der Waals surface area contributed by atoms with Gasteiger partial charge in [0.05, 0.1) is 23.9 Å². The van der Waals surface area contributed by atoms with Crippen LogP contribution in [-0.2, 0) is 21.9 Å². The number of carbonyl (C=O) groups excluding carboxylic acids is 2. The monoisotopic (exact) mass is 721 g/mol. The minimum absolute atomic E-state index is 0.141. The zero-order valence-electron chi connectivity index (χ0n) is 27.9. The van der Waals surface area contributed by atoms with Gasteiger partial charge in [-0.25, -0.2) is 9.37 Å². The lowest BCUT2D eigenvalue weighted by atomic mass is 9.96. The molecule has 10 nitrogen and oxygen atoms in total. The zero-order chi connectivity index (χ0) is 35.6. The molecule has 13 heteroatoms. The van der Waals surface area contributed by atoms with Crippen LogP contribution in [0.15, 0.2) is 101 Å². The number of fused-ring (bicyclic) bond motifs is 1. The fourth-order valence-corrected chi connectivity index (χ4v) is 7.80. The molecule has 1 fully saturated rings. The third-order valence-electron chi connectivity index (χ3n) is 8.48. The molecule has 1 amide bonds. The van der Waals surface area contributed by atoms with E-state index >= 15 is 0 Å². The highest BCUT2D eigenvalue weighted by atomic mass is 32.2. The summed E-state index contributed by atoms with van der Waals surface area (Å²) in [7, 11) is 0. The van der Waals surface area contributed by atoms with E-state index in [1.54, 1.807) is 43.3 Å². The van der Waals surface area contributed by atoms with E-state index in [-0.39, 0.29) is 28.0 Å². The number of aromatic nitrogens is 4. The number of hydrogen-bond acceptors (Lipinski definition) is 10. The van der Waals surface area contributed by atoms with Gasteiger partial charge >= 0.3 is 5.91 Å².